The van der Waals surface area contributed by atoms with E-state index in [9.17, 15) is 22.4 Å². The molecule has 154 valence electrons. The summed E-state index contributed by atoms with van der Waals surface area (Å²) < 4.78 is 57.0. The number of benzene rings is 1. The average Bonchev–Trinajstić information content (AvgIpc) is 2.59. The van der Waals surface area contributed by atoms with E-state index in [1.807, 2.05) is 0 Å². The zero-order valence-corrected chi connectivity index (χ0v) is 15.7. The number of ether oxygens (including phenoxy) is 1. The third-order valence-corrected chi connectivity index (χ3v) is 5.48. The second kappa shape index (κ2) is 6.76. The van der Waals surface area contributed by atoms with Gasteiger partial charge in [-0.2, -0.15) is 13.2 Å². The summed E-state index contributed by atoms with van der Waals surface area (Å²) in [5, 5.41) is 5.89. The standard InChI is InChI=1S/C19H16ClF4N3O2/c20-13-2-1-12(6-14(13)21)29-7-16(28)27-18-8-17(9-18,10-18)26-15-5-11(3-4-25-15)19(22,23)24/h1-6H,7-10H2,(H,25,26)(H,27,28). The maximum absolute atomic E-state index is 13.4. The van der Waals surface area contributed by atoms with Gasteiger partial charge in [0.1, 0.15) is 17.4 Å². The molecule has 0 radical (unpaired) electrons. The summed E-state index contributed by atoms with van der Waals surface area (Å²) in [6.07, 6.45) is -1.57. The highest BCUT2D eigenvalue weighted by Crippen LogP contribution is 2.61. The minimum Gasteiger partial charge on any atom is -0.484 e. The Kier molecular flexibility index (Phi) is 4.60. The first kappa shape index (κ1) is 19.8. The van der Waals surface area contributed by atoms with Crippen molar-refractivity contribution in [1.29, 1.82) is 0 Å². The smallest absolute Gasteiger partial charge is 0.416 e. The van der Waals surface area contributed by atoms with Crippen molar-refractivity contribution >= 4 is 23.3 Å². The molecule has 3 fully saturated rings. The SMILES string of the molecule is O=C(COc1ccc(Cl)c(F)c1)NC12CC(Nc3cc(C(F)(F)F)ccn3)(C1)C2. The Hall–Kier alpha value is -2.55. The van der Waals surface area contributed by atoms with Crippen LogP contribution >= 0.6 is 11.6 Å². The Morgan fingerprint density at radius 3 is 2.55 bits per heavy atom. The lowest BCUT2D eigenvalue weighted by Gasteiger charge is -2.70. The number of alkyl halides is 3. The third kappa shape index (κ3) is 3.96. The lowest BCUT2D eigenvalue weighted by molar-refractivity contribution is -0.138. The van der Waals surface area contributed by atoms with E-state index in [1.54, 1.807) is 0 Å². The summed E-state index contributed by atoms with van der Waals surface area (Å²) in [6, 6.07) is 5.78. The summed E-state index contributed by atoms with van der Waals surface area (Å²) >= 11 is 5.59. The van der Waals surface area contributed by atoms with Crippen molar-refractivity contribution in [3.63, 3.8) is 0 Å². The fourth-order valence-electron chi connectivity index (χ4n) is 4.05. The molecular formula is C19H16ClF4N3O2. The van der Waals surface area contributed by atoms with Gasteiger partial charge in [-0.05, 0) is 43.5 Å². The fraction of sp³-hybridized carbons (Fsp3) is 0.368. The molecule has 0 atom stereocenters. The lowest BCUT2D eigenvalue weighted by Crippen LogP contribution is -2.81. The Bertz CT molecular complexity index is 947. The Morgan fingerprint density at radius 2 is 1.90 bits per heavy atom. The van der Waals surface area contributed by atoms with E-state index in [4.69, 9.17) is 16.3 Å². The first-order valence-electron chi connectivity index (χ1n) is 8.79. The molecule has 0 spiro atoms. The van der Waals surface area contributed by atoms with E-state index in [2.05, 4.69) is 15.6 Å². The van der Waals surface area contributed by atoms with Crippen LogP contribution < -0.4 is 15.4 Å². The second-order valence-electron chi connectivity index (χ2n) is 7.56. The van der Waals surface area contributed by atoms with E-state index in [0.29, 0.717) is 19.3 Å². The van der Waals surface area contributed by atoms with E-state index in [1.165, 1.54) is 12.1 Å². The third-order valence-electron chi connectivity index (χ3n) is 5.18. The van der Waals surface area contributed by atoms with E-state index in [0.717, 1.165) is 24.4 Å². The number of hydrogen-bond donors (Lipinski definition) is 2. The molecule has 0 aliphatic heterocycles. The molecule has 1 aromatic carbocycles. The molecule has 1 amide bonds. The maximum Gasteiger partial charge on any atom is 0.416 e. The predicted molar refractivity (Wildman–Crippen MR) is 97.2 cm³/mol. The maximum atomic E-state index is 13.4. The molecule has 3 aliphatic carbocycles. The number of anilines is 1. The van der Waals surface area contributed by atoms with Crippen molar-refractivity contribution in [1.82, 2.24) is 10.3 Å². The number of hydrogen-bond acceptors (Lipinski definition) is 4. The minimum absolute atomic E-state index is 0.0382. The molecule has 1 aromatic heterocycles. The first-order valence-corrected chi connectivity index (χ1v) is 9.16. The van der Waals surface area contributed by atoms with Crippen LogP contribution in [0.1, 0.15) is 24.8 Å². The van der Waals surface area contributed by atoms with Gasteiger partial charge < -0.3 is 15.4 Å². The molecule has 1 heterocycles. The Labute approximate surface area is 168 Å². The number of carbonyl (C=O) groups is 1. The van der Waals surface area contributed by atoms with E-state index in [-0.39, 0.29) is 40.2 Å². The van der Waals surface area contributed by atoms with Crippen molar-refractivity contribution in [2.45, 2.75) is 36.5 Å². The van der Waals surface area contributed by atoms with Crippen molar-refractivity contribution in [3.05, 3.63) is 52.9 Å². The van der Waals surface area contributed by atoms with Crippen LogP contribution in [0.15, 0.2) is 36.5 Å². The summed E-state index contributed by atoms with van der Waals surface area (Å²) in [6.45, 7) is -0.279. The summed E-state index contributed by atoms with van der Waals surface area (Å²) in [5.74, 6) is -0.646. The molecule has 5 nitrogen and oxygen atoms in total. The van der Waals surface area contributed by atoms with Crippen molar-refractivity contribution < 1.29 is 27.1 Å². The summed E-state index contributed by atoms with van der Waals surface area (Å²) in [7, 11) is 0. The quantitative estimate of drug-likeness (QED) is 0.676. The van der Waals surface area contributed by atoms with Gasteiger partial charge in [0, 0.05) is 23.3 Å². The van der Waals surface area contributed by atoms with Gasteiger partial charge in [0.2, 0.25) is 0 Å². The molecule has 5 rings (SSSR count). The normalized spacial score (nSPS) is 24.9. The number of aromatic nitrogens is 1. The van der Waals surface area contributed by atoms with Crippen molar-refractivity contribution in [2.24, 2.45) is 0 Å². The topological polar surface area (TPSA) is 63.2 Å². The van der Waals surface area contributed by atoms with E-state index < -0.39 is 17.6 Å². The molecule has 29 heavy (non-hydrogen) atoms. The van der Waals surface area contributed by atoms with Gasteiger partial charge in [-0.15, -0.1) is 0 Å². The van der Waals surface area contributed by atoms with Gasteiger partial charge in [0.15, 0.2) is 6.61 Å². The monoisotopic (exact) mass is 429 g/mol. The average molecular weight is 430 g/mol. The van der Waals surface area contributed by atoms with Gasteiger partial charge >= 0.3 is 6.18 Å². The second-order valence-corrected chi connectivity index (χ2v) is 7.96. The predicted octanol–water partition coefficient (Wildman–Crippen LogP) is 4.18. The molecule has 2 aromatic rings. The lowest BCUT2D eigenvalue weighted by atomic mass is 9.44. The van der Waals surface area contributed by atoms with Gasteiger partial charge in [0.05, 0.1) is 10.6 Å². The van der Waals surface area contributed by atoms with Gasteiger partial charge in [-0.1, -0.05) is 11.6 Å². The number of pyridine rings is 1. The number of halogens is 5. The molecule has 10 heteroatoms. The molecule has 3 aliphatic rings. The van der Waals surface area contributed by atoms with Crippen LogP contribution in [0.5, 0.6) is 5.75 Å². The summed E-state index contributed by atoms with van der Waals surface area (Å²) in [4.78, 5) is 16.1. The van der Waals surface area contributed by atoms with Crippen LogP contribution in [-0.4, -0.2) is 28.6 Å². The van der Waals surface area contributed by atoms with Crippen LogP contribution in [-0.2, 0) is 11.0 Å². The Morgan fingerprint density at radius 1 is 1.17 bits per heavy atom. The number of rotatable bonds is 6. The zero-order valence-electron chi connectivity index (χ0n) is 14.9. The minimum atomic E-state index is -4.43. The zero-order chi connectivity index (χ0) is 20.9. The molecule has 2 bridgehead atoms. The van der Waals surface area contributed by atoms with Crippen LogP contribution in [0.3, 0.4) is 0 Å². The largest absolute Gasteiger partial charge is 0.484 e. The molecule has 3 saturated carbocycles. The first-order chi connectivity index (χ1) is 13.6. The van der Waals surface area contributed by atoms with Gasteiger partial charge in [-0.3, -0.25) is 4.79 Å². The van der Waals surface area contributed by atoms with Crippen LogP contribution in [0.25, 0.3) is 0 Å². The number of amides is 1. The fourth-order valence-corrected chi connectivity index (χ4v) is 4.16. The van der Waals surface area contributed by atoms with Crippen molar-refractivity contribution in [2.75, 3.05) is 11.9 Å². The molecule has 2 N–H and O–H groups in total. The van der Waals surface area contributed by atoms with Gasteiger partial charge in [0.25, 0.3) is 5.91 Å². The highest BCUT2D eigenvalue weighted by molar-refractivity contribution is 6.30. The van der Waals surface area contributed by atoms with Crippen LogP contribution in [0, 0.1) is 5.82 Å². The molecule has 0 saturated heterocycles. The van der Waals surface area contributed by atoms with Gasteiger partial charge in [-0.25, -0.2) is 9.37 Å². The molecular weight excluding hydrogens is 414 g/mol. The van der Waals surface area contributed by atoms with Crippen molar-refractivity contribution in [3.8, 4) is 5.75 Å². The Balaban J connectivity index is 1.27. The highest BCUT2D eigenvalue weighted by Gasteiger charge is 2.68. The number of nitrogens with one attached hydrogen (secondary N) is 2. The molecule has 0 unspecified atom stereocenters. The number of carbonyl (C=O) groups excluding carboxylic acids is 1. The number of nitrogens with zero attached hydrogens (tertiary/aromatic N) is 1. The highest BCUT2D eigenvalue weighted by atomic mass is 35.5. The van der Waals surface area contributed by atoms with Crippen LogP contribution in [0.2, 0.25) is 5.02 Å². The van der Waals surface area contributed by atoms with Crippen LogP contribution in [0.4, 0.5) is 23.4 Å². The van der Waals surface area contributed by atoms with E-state index >= 15 is 0 Å². The summed E-state index contributed by atoms with van der Waals surface area (Å²) in [5.41, 5.74) is -1.51.